The average molecular weight is 490 g/mol. The van der Waals surface area contributed by atoms with Crippen LogP contribution in [-0.2, 0) is 23.9 Å². The first-order chi connectivity index (χ1) is 16.7. The van der Waals surface area contributed by atoms with E-state index < -0.39 is 23.5 Å². The van der Waals surface area contributed by atoms with Crippen molar-refractivity contribution in [3.63, 3.8) is 0 Å². The molecule has 3 aromatic rings. The first-order valence-corrected chi connectivity index (χ1v) is 11.1. The fraction of sp³-hybridized carbons (Fsp3) is 0.280. The lowest BCUT2D eigenvalue weighted by Crippen LogP contribution is -2.23. The summed E-state index contributed by atoms with van der Waals surface area (Å²) in [7, 11) is 0. The van der Waals surface area contributed by atoms with Gasteiger partial charge in [-0.15, -0.1) is 0 Å². The van der Waals surface area contributed by atoms with E-state index in [1.165, 1.54) is 12.1 Å². The molecule has 1 amide bonds. The van der Waals surface area contributed by atoms with Crippen LogP contribution in [0.15, 0.2) is 54.6 Å². The van der Waals surface area contributed by atoms with Crippen molar-refractivity contribution in [1.82, 2.24) is 4.98 Å². The molecule has 2 aromatic carbocycles. The summed E-state index contributed by atoms with van der Waals surface area (Å²) in [6, 6.07) is 11.9. The lowest BCUT2D eigenvalue weighted by Gasteiger charge is -2.21. The Labute approximate surface area is 199 Å². The molecule has 1 aromatic heterocycles. The summed E-state index contributed by atoms with van der Waals surface area (Å²) in [6.45, 7) is 1.96. The lowest BCUT2D eigenvalue weighted by molar-refractivity contribution is -0.140. The van der Waals surface area contributed by atoms with Crippen LogP contribution >= 0.6 is 0 Å². The number of nitrogens with one attached hydrogen (secondary N) is 2. The van der Waals surface area contributed by atoms with Crippen LogP contribution in [0.5, 0.6) is 0 Å². The van der Waals surface area contributed by atoms with Gasteiger partial charge in [-0.2, -0.15) is 13.2 Å². The van der Waals surface area contributed by atoms with Gasteiger partial charge in [0.2, 0.25) is 5.91 Å². The van der Waals surface area contributed by atoms with Crippen molar-refractivity contribution in [2.24, 2.45) is 0 Å². The van der Waals surface area contributed by atoms with Crippen molar-refractivity contribution in [3.8, 4) is 0 Å². The number of aromatic nitrogens is 1. The number of hydrogen-bond acceptors (Lipinski definition) is 4. The van der Waals surface area contributed by atoms with Gasteiger partial charge in [0.15, 0.2) is 5.82 Å². The Bertz CT molecular complexity index is 1190. The normalized spacial score (nSPS) is 13.7. The number of hydrogen-bond donors (Lipinski definition) is 2. The number of halogens is 5. The minimum absolute atomic E-state index is 0.126. The van der Waals surface area contributed by atoms with E-state index in [1.807, 2.05) is 4.90 Å². The van der Waals surface area contributed by atoms with Crippen molar-refractivity contribution < 1.29 is 26.7 Å². The van der Waals surface area contributed by atoms with Crippen molar-refractivity contribution in [1.29, 1.82) is 0 Å². The van der Waals surface area contributed by atoms with E-state index in [0.29, 0.717) is 29.9 Å². The maximum Gasteiger partial charge on any atom is 0.419 e. The smallest absolute Gasteiger partial charge is 0.366 e. The van der Waals surface area contributed by atoms with Gasteiger partial charge in [-0.05, 0) is 60.4 Å². The molecule has 184 valence electrons. The number of benzene rings is 2. The van der Waals surface area contributed by atoms with Gasteiger partial charge >= 0.3 is 6.18 Å². The van der Waals surface area contributed by atoms with Gasteiger partial charge in [0.05, 0.1) is 17.7 Å². The number of pyridine rings is 1. The fourth-order valence-corrected chi connectivity index (χ4v) is 3.89. The highest BCUT2D eigenvalue weighted by Gasteiger charge is 2.34. The molecule has 0 saturated carbocycles. The number of carbonyl (C=O) groups excluding carboxylic acids is 1. The standard InChI is InChI=1S/C25H23F5N4O/c26-18-6-3-16(4-7-18)15-31-22-10-9-21(24(33-22)34-11-1-2-12-34)32-23(35)14-17-5-8-19(20(27)13-17)25(28,29)30/h3-10,13H,1-2,11-12,14-15H2,(H,31,33)(H,32,35). The van der Waals surface area contributed by atoms with E-state index in [2.05, 4.69) is 15.6 Å². The van der Waals surface area contributed by atoms with Crippen molar-refractivity contribution in [3.05, 3.63) is 82.9 Å². The summed E-state index contributed by atoms with van der Waals surface area (Å²) in [5, 5.41) is 5.93. The largest absolute Gasteiger partial charge is 0.419 e. The lowest BCUT2D eigenvalue weighted by atomic mass is 10.1. The second kappa shape index (κ2) is 10.3. The number of amides is 1. The first kappa shape index (κ1) is 24.4. The summed E-state index contributed by atoms with van der Waals surface area (Å²) in [4.78, 5) is 19.3. The van der Waals surface area contributed by atoms with Crippen LogP contribution in [-0.4, -0.2) is 24.0 Å². The Morgan fingerprint density at radius 2 is 1.63 bits per heavy atom. The average Bonchev–Trinajstić information content (AvgIpc) is 3.33. The number of rotatable bonds is 7. The molecule has 1 aliphatic heterocycles. The molecule has 1 aliphatic rings. The molecule has 1 saturated heterocycles. The molecule has 2 N–H and O–H groups in total. The predicted octanol–water partition coefficient (Wildman–Crippen LogP) is 5.77. The molecule has 0 atom stereocenters. The number of alkyl halides is 3. The van der Waals surface area contributed by atoms with E-state index in [9.17, 15) is 26.7 Å². The van der Waals surface area contributed by atoms with E-state index >= 15 is 0 Å². The Balaban J connectivity index is 1.47. The van der Waals surface area contributed by atoms with Gasteiger partial charge in [-0.25, -0.2) is 13.8 Å². The second-order valence-corrected chi connectivity index (χ2v) is 8.28. The zero-order chi connectivity index (χ0) is 25.0. The predicted molar refractivity (Wildman–Crippen MR) is 123 cm³/mol. The SMILES string of the molecule is O=C(Cc1ccc(C(F)(F)F)c(F)c1)Nc1ccc(NCc2ccc(F)cc2)nc1N1CCCC1. The summed E-state index contributed by atoms with van der Waals surface area (Å²) < 4.78 is 65.3. The molecule has 5 nitrogen and oxygen atoms in total. The third-order valence-electron chi connectivity index (χ3n) is 5.65. The van der Waals surface area contributed by atoms with Gasteiger partial charge < -0.3 is 15.5 Å². The van der Waals surface area contributed by atoms with Gasteiger partial charge in [-0.3, -0.25) is 4.79 Å². The molecule has 0 unspecified atom stereocenters. The molecule has 0 bridgehead atoms. The van der Waals surface area contributed by atoms with E-state index in [1.54, 1.807) is 24.3 Å². The molecule has 1 fully saturated rings. The molecular formula is C25H23F5N4O. The molecule has 0 radical (unpaired) electrons. The molecular weight excluding hydrogens is 467 g/mol. The highest BCUT2D eigenvalue weighted by atomic mass is 19.4. The van der Waals surface area contributed by atoms with Crippen LogP contribution in [0.25, 0.3) is 0 Å². The third-order valence-corrected chi connectivity index (χ3v) is 5.65. The summed E-state index contributed by atoms with van der Waals surface area (Å²) in [6.07, 6.45) is -3.13. The quantitative estimate of drug-likeness (QED) is 0.413. The van der Waals surface area contributed by atoms with Crippen molar-refractivity contribution >= 4 is 23.2 Å². The Morgan fingerprint density at radius 1 is 0.943 bits per heavy atom. The Hall–Kier alpha value is -3.69. The fourth-order valence-electron chi connectivity index (χ4n) is 3.89. The first-order valence-electron chi connectivity index (χ1n) is 11.1. The van der Waals surface area contributed by atoms with Crippen LogP contribution in [0.2, 0.25) is 0 Å². The summed E-state index contributed by atoms with van der Waals surface area (Å²) in [5.41, 5.74) is 0.0841. The minimum Gasteiger partial charge on any atom is -0.366 e. The van der Waals surface area contributed by atoms with Gasteiger partial charge in [0.25, 0.3) is 0 Å². The maximum atomic E-state index is 13.9. The Morgan fingerprint density at radius 3 is 2.29 bits per heavy atom. The van der Waals surface area contributed by atoms with Gasteiger partial charge in [0.1, 0.15) is 17.5 Å². The molecule has 4 rings (SSSR count). The maximum absolute atomic E-state index is 13.9. The molecule has 35 heavy (non-hydrogen) atoms. The Kier molecular flexibility index (Phi) is 7.18. The van der Waals surface area contributed by atoms with Crippen LogP contribution in [0.4, 0.5) is 39.3 Å². The van der Waals surface area contributed by atoms with Crippen LogP contribution in [0, 0.1) is 11.6 Å². The molecule has 10 heteroatoms. The minimum atomic E-state index is -4.80. The molecule has 2 heterocycles. The highest BCUT2D eigenvalue weighted by Crippen LogP contribution is 2.32. The third kappa shape index (κ3) is 6.26. The van der Waals surface area contributed by atoms with E-state index in [0.717, 1.165) is 43.6 Å². The second-order valence-electron chi connectivity index (χ2n) is 8.28. The summed E-state index contributed by atoms with van der Waals surface area (Å²) >= 11 is 0. The van der Waals surface area contributed by atoms with Crippen molar-refractivity contribution in [2.45, 2.75) is 32.0 Å². The van der Waals surface area contributed by atoms with E-state index in [-0.39, 0.29) is 17.8 Å². The van der Waals surface area contributed by atoms with Crippen LogP contribution in [0.3, 0.4) is 0 Å². The van der Waals surface area contributed by atoms with Crippen LogP contribution in [0.1, 0.15) is 29.5 Å². The van der Waals surface area contributed by atoms with Gasteiger partial charge in [0, 0.05) is 19.6 Å². The molecule has 0 spiro atoms. The zero-order valence-corrected chi connectivity index (χ0v) is 18.6. The number of nitrogens with zero attached hydrogens (tertiary/aromatic N) is 2. The summed E-state index contributed by atoms with van der Waals surface area (Å²) in [5.74, 6) is -1.10. The zero-order valence-electron chi connectivity index (χ0n) is 18.6. The topological polar surface area (TPSA) is 57.3 Å². The highest BCUT2D eigenvalue weighted by molar-refractivity contribution is 5.95. The number of carbonyl (C=O) groups is 1. The van der Waals surface area contributed by atoms with Crippen LogP contribution < -0.4 is 15.5 Å². The van der Waals surface area contributed by atoms with E-state index in [4.69, 9.17) is 0 Å². The monoisotopic (exact) mass is 490 g/mol. The number of anilines is 3. The molecule has 0 aliphatic carbocycles. The van der Waals surface area contributed by atoms with Crippen molar-refractivity contribution in [2.75, 3.05) is 28.6 Å². The van der Waals surface area contributed by atoms with Gasteiger partial charge in [-0.1, -0.05) is 18.2 Å².